The zero-order valence-corrected chi connectivity index (χ0v) is 15.2. The van der Waals surface area contributed by atoms with Crippen LogP contribution in [0.4, 0.5) is 4.39 Å². The van der Waals surface area contributed by atoms with E-state index in [1.807, 2.05) is 6.07 Å². The molecule has 1 fully saturated rings. The molecule has 134 valence electrons. The van der Waals surface area contributed by atoms with Crippen molar-refractivity contribution in [2.45, 2.75) is 40.2 Å². The molecule has 0 spiro atoms. The summed E-state index contributed by atoms with van der Waals surface area (Å²) >= 11 is 0. The average Bonchev–Trinajstić information content (AvgIpc) is 3.06. The van der Waals surface area contributed by atoms with Crippen LogP contribution >= 0.6 is 0 Å². The fraction of sp³-hybridized carbons (Fsp3) is 0.632. The van der Waals surface area contributed by atoms with Gasteiger partial charge in [0.05, 0.1) is 6.54 Å². The minimum atomic E-state index is -0.163. The van der Waals surface area contributed by atoms with Crippen LogP contribution < -0.4 is 10.6 Å². The number of likely N-dealkylation sites (tertiary alicyclic amines) is 1. The molecule has 0 radical (unpaired) electrons. The van der Waals surface area contributed by atoms with Crippen LogP contribution in [0.2, 0.25) is 0 Å². The molecule has 1 aromatic rings. The van der Waals surface area contributed by atoms with Gasteiger partial charge >= 0.3 is 0 Å². The summed E-state index contributed by atoms with van der Waals surface area (Å²) in [6.45, 7) is 12.0. The van der Waals surface area contributed by atoms with Crippen molar-refractivity contribution in [1.82, 2.24) is 15.5 Å². The smallest absolute Gasteiger partial charge is 0.191 e. The van der Waals surface area contributed by atoms with Gasteiger partial charge in [-0.25, -0.2) is 9.38 Å². The van der Waals surface area contributed by atoms with Gasteiger partial charge in [-0.05, 0) is 62.9 Å². The molecule has 5 heteroatoms. The van der Waals surface area contributed by atoms with E-state index in [2.05, 4.69) is 34.4 Å². The fourth-order valence-corrected chi connectivity index (χ4v) is 3.06. The average molecular weight is 334 g/mol. The molecule has 1 saturated heterocycles. The third kappa shape index (κ3) is 6.11. The molecule has 1 aliphatic rings. The van der Waals surface area contributed by atoms with Gasteiger partial charge in [-0.15, -0.1) is 0 Å². The van der Waals surface area contributed by atoms with Crippen LogP contribution in [0.5, 0.6) is 0 Å². The number of hydrogen-bond acceptors (Lipinski definition) is 2. The summed E-state index contributed by atoms with van der Waals surface area (Å²) < 4.78 is 13.3. The lowest BCUT2D eigenvalue weighted by Crippen LogP contribution is -2.41. The van der Waals surface area contributed by atoms with Crippen LogP contribution in [0.1, 0.15) is 37.8 Å². The summed E-state index contributed by atoms with van der Waals surface area (Å²) in [6, 6.07) is 5.17. The highest BCUT2D eigenvalue weighted by Crippen LogP contribution is 2.11. The number of halogens is 1. The van der Waals surface area contributed by atoms with Crippen molar-refractivity contribution in [3.8, 4) is 0 Å². The van der Waals surface area contributed by atoms with Crippen molar-refractivity contribution < 1.29 is 4.39 Å². The predicted octanol–water partition coefficient (Wildman–Crippen LogP) is 2.92. The van der Waals surface area contributed by atoms with Gasteiger partial charge < -0.3 is 15.5 Å². The quantitative estimate of drug-likeness (QED) is 0.595. The summed E-state index contributed by atoms with van der Waals surface area (Å²) in [7, 11) is 0. The van der Waals surface area contributed by atoms with Gasteiger partial charge in [0, 0.05) is 19.6 Å². The number of nitrogens with zero attached hydrogens (tertiary/aromatic N) is 2. The van der Waals surface area contributed by atoms with Crippen LogP contribution in [0.15, 0.2) is 23.2 Å². The van der Waals surface area contributed by atoms with Gasteiger partial charge in [-0.3, -0.25) is 0 Å². The van der Waals surface area contributed by atoms with E-state index < -0.39 is 0 Å². The van der Waals surface area contributed by atoms with Crippen molar-refractivity contribution in [3.05, 3.63) is 35.1 Å². The minimum Gasteiger partial charge on any atom is -0.357 e. The van der Waals surface area contributed by atoms with Gasteiger partial charge in [0.1, 0.15) is 5.82 Å². The highest BCUT2D eigenvalue weighted by Gasteiger charge is 2.14. The minimum absolute atomic E-state index is 0.163. The van der Waals surface area contributed by atoms with E-state index in [-0.39, 0.29) is 5.82 Å². The first-order chi connectivity index (χ1) is 11.6. The molecule has 0 bridgehead atoms. The molecule has 2 N–H and O–H groups in total. The molecule has 0 saturated carbocycles. The summed E-state index contributed by atoms with van der Waals surface area (Å²) in [5.74, 6) is 1.25. The second-order valence-electron chi connectivity index (χ2n) is 6.77. The van der Waals surface area contributed by atoms with Crippen LogP contribution in [-0.2, 0) is 6.54 Å². The molecule has 1 unspecified atom stereocenters. The normalized spacial score (nSPS) is 17.1. The SMILES string of the molecule is CCNC(=NCc1ccc(F)c(C)c1)NCC(C)CN1CCCC1. The number of benzene rings is 1. The Balaban J connectivity index is 1.84. The Labute approximate surface area is 145 Å². The molecular weight excluding hydrogens is 303 g/mol. The molecule has 2 rings (SSSR count). The zero-order valence-electron chi connectivity index (χ0n) is 15.2. The first-order valence-corrected chi connectivity index (χ1v) is 9.08. The molecule has 0 amide bonds. The van der Waals surface area contributed by atoms with Crippen LogP contribution in [-0.4, -0.2) is 43.6 Å². The molecular formula is C19H31FN4. The second kappa shape index (κ2) is 9.62. The Kier molecular flexibility index (Phi) is 7.50. The maximum atomic E-state index is 13.3. The van der Waals surface area contributed by atoms with Crippen molar-refractivity contribution in [2.24, 2.45) is 10.9 Å². The van der Waals surface area contributed by atoms with Crippen LogP contribution in [0.3, 0.4) is 0 Å². The Morgan fingerprint density at radius 3 is 2.71 bits per heavy atom. The first-order valence-electron chi connectivity index (χ1n) is 9.08. The van der Waals surface area contributed by atoms with E-state index in [4.69, 9.17) is 0 Å². The number of aryl methyl sites for hydroxylation is 1. The van der Waals surface area contributed by atoms with Gasteiger partial charge in [-0.2, -0.15) is 0 Å². The Morgan fingerprint density at radius 1 is 1.29 bits per heavy atom. The highest BCUT2D eigenvalue weighted by molar-refractivity contribution is 5.79. The maximum Gasteiger partial charge on any atom is 0.191 e. The third-order valence-electron chi connectivity index (χ3n) is 4.37. The second-order valence-corrected chi connectivity index (χ2v) is 6.77. The number of guanidine groups is 1. The number of rotatable bonds is 7. The Bertz CT molecular complexity index is 538. The molecule has 1 atom stereocenters. The van der Waals surface area contributed by atoms with Crippen molar-refractivity contribution in [2.75, 3.05) is 32.7 Å². The van der Waals surface area contributed by atoms with Crippen molar-refractivity contribution >= 4 is 5.96 Å². The molecule has 4 nitrogen and oxygen atoms in total. The van der Waals surface area contributed by atoms with E-state index in [0.29, 0.717) is 18.0 Å². The number of hydrogen-bond donors (Lipinski definition) is 2. The van der Waals surface area contributed by atoms with E-state index in [1.54, 1.807) is 13.0 Å². The molecule has 24 heavy (non-hydrogen) atoms. The van der Waals surface area contributed by atoms with Gasteiger partial charge in [0.25, 0.3) is 0 Å². The molecule has 1 heterocycles. The Morgan fingerprint density at radius 2 is 2.04 bits per heavy atom. The summed E-state index contributed by atoms with van der Waals surface area (Å²) in [6.07, 6.45) is 2.67. The predicted molar refractivity (Wildman–Crippen MR) is 98.8 cm³/mol. The summed E-state index contributed by atoms with van der Waals surface area (Å²) in [5.41, 5.74) is 1.69. The lowest BCUT2D eigenvalue weighted by Gasteiger charge is -2.21. The van der Waals surface area contributed by atoms with Crippen molar-refractivity contribution in [3.63, 3.8) is 0 Å². The Hall–Kier alpha value is -1.62. The summed E-state index contributed by atoms with van der Waals surface area (Å²) in [4.78, 5) is 7.16. The first kappa shape index (κ1) is 18.7. The lowest BCUT2D eigenvalue weighted by atomic mass is 10.1. The van der Waals surface area contributed by atoms with Crippen molar-refractivity contribution in [1.29, 1.82) is 0 Å². The van der Waals surface area contributed by atoms with Gasteiger partial charge in [0.2, 0.25) is 0 Å². The highest BCUT2D eigenvalue weighted by atomic mass is 19.1. The lowest BCUT2D eigenvalue weighted by molar-refractivity contribution is 0.287. The molecule has 0 aromatic heterocycles. The van der Waals surface area contributed by atoms with E-state index in [1.165, 1.54) is 32.0 Å². The van der Waals surface area contributed by atoms with E-state index in [9.17, 15) is 4.39 Å². The monoisotopic (exact) mass is 334 g/mol. The maximum absolute atomic E-state index is 13.3. The summed E-state index contributed by atoms with van der Waals surface area (Å²) in [5, 5.41) is 6.71. The molecule has 1 aromatic carbocycles. The van der Waals surface area contributed by atoms with E-state index in [0.717, 1.165) is 31.2 Å². The largest absolute Gasteiger partial charge is 0.357 e. The van der Waals surface area contributed by atoms with Crippen LogP contribution in [0, 0.1) is 18.7 Å². The zero-order chi connectivity index (χ0) is 17.4. The topological polar surface area (TPSA) is 39.7 Å². The molecule has 0 aliphatic carbocycles. The van der Waals surface area contributed by atoms with E-state index >= 15 is 0 Å². The van der Waals surface area contributed by atoms with Gasteiger partial charge in [-0.1, -0.05) is 19.1 Å². The third-order valence-corrected chi connectivity index (χ3v) is 4.37. The standard InChI is InChI=1S/C19H31FN4/c1-4-21-19(22-12-15(2)14-24-9-5-6-10-24)23-13-17-7-8-18(20)16(3)11-17/h7-8,11,15H,4-6,9-10,12-14H2,1-3H3,(H2,21,22,23). The number of nitrogens with one attached hydrogen (secondary N) is 2. The fourth-order valence-electron chi connectivity index (χ4n) is 3.06. The molecule has 1 aliphatic heterocycles. The number of aliphatic imine (C=N–C) groups is 1. The van der Waals surface area contributed by atoms with Crippen LogP contribution in [0.25, 0.3) is 0 Å². The van der Waals surface area contributed by atoms with Gasteiger partial charge in [0.15, 0.2) is 5.96 Å².